The van der Waals surface area contributed by atoms with Gasteiger partial charge >= 0.3 is 0 Å². The second-order valence-corrected chi connectivity index (χ2v) is 6.30. The number of hydrogen-bond donors (Lipinski definition) is 1. The summed E-state index contributed by atoms with van der Waals surface area (Å²) in [5.41, 5.74) is 2.15. The van der Waals surface area contributed by atoms with Crippen LogP contribution in [0.3, 0.4) is 0 Å². The SMILES string of the molecule is CCCCCCCC(=O)Nc1cccc(CN2CCOCC2)c1. The second-order valence-electron chi connectivity index (χ2n) is 6.30. The van der Waals surface area contributed by atoms with Crippen molar-refractivity contribution in [3.63, 3.8) is 0 Å². The summed E-state index contributed by atoms with van der Waals surface area (Å²) in [7, 11) is 0. The highest BCUT2D eigenvalue weighted by atomic mass is 16.5. The van der Waals surface area contributed by atoms with Gasteiger partial charge < -0.3 is 10.1 Å². The maximum absolute atomic E-state index is 12.0. The van der Waals surface area contributed by atoms with E-state index in [1.807, 2.05) is 12.1 Å². The largest absolute Gasteiger partial charge is 0.379 e. The van der Waals surface area contributed by atoms with Crippen LogP contribution in [0.1, 0.15) is 51.0 Å². The lowest BCUT2D eigenvalue weighted by Gasteiger charge is -2.26. The molecule has 4 heteroatoms. The number of nitrogens with one attached hydrogen (secondary N) is 1. The molecule has 1 amide bonds. The predicted molar refractivity (Wildman–Crippen MR) is 94.5 cm³/mol. The van der Waals surface area contributed by atoms with E-state index in [9.17, 15) is 4.79 Å². The van der Waals surface area contributed by atoms with Gasteiger partial charge in [0.1, 0.15) is 0 Å². The molecule has 1 aromatic carbocycles. The van der Waals surface area contributed by atoms with E-state index in [2.05, 4.69) is 29.3 Å². The topological polar surface area (TPSA) is 41.6 Å². The summed E-state index contributed by atoms with van der Waals surface area (Å²) in [6.45, 7) is 6.71. The molecule has 1 N–H and O–H groups in total. The van der Waals surface area contributed by atoms with Crippen LogP contribution in [-0.4, -0.2) is 37.1 Å². The molecule has 1 heterocycles. The summed E-state index contributed by atoms with van der Waals surface area (Å²) in [5, 5.41) is 3.03. The number of carbonyl (C=O) groups is 1. The smallest absolute Gasteiger partial charge is 0.224 e. The van der Waals surface area contributed by atoms with Gasteiger partial charge in [0.15, 0.2) is 0 Å². The first kappa shape index (κ1) is 18.0. The fraction of sp³-hybridized carbons (Fsp3) is 0.632. The number of rotatable bonds is 9. The molecule has 2 rings (SSSR count). The third-order valence-electron chi connectivity index (χ3n) is 4.23. The van der Waals surface area contributed by atoms with Crippen molar-refractivity contribution in [2.75, 3.05) is 31.6 Å². The van der Waals surface area contributed by atoms with Gasteiger partial charge in [-0.15, -0.1) is 0 Å². The van der Waals surface area contributed by atoms with Crippen LogP contribution in [-0.2, 0) is 16.1 Å². The number of carbonyl (C=O) groups excluding carboxylic acids is 1. The summed E-state index contributed by atoms with van der Waals surface area (Å²) in [6.07, 6.45) is 6.50. The van der Waals surface area contributed by atoms with Gasteiger partial charge in [-0.05, 0) is 24.1 Å². The third-order valence-corrected chi connectivity index (χ3v) is 4.23. The Morgan fingerprint density at radius 1 is 1.17 bits per heavy atom. The molecule has 0 radical (unpaired) electrons. The molecule has 23 heavy (non-hydrogen) atoms. The lowest BCUT2D eigenvalue weighted by molar-refractivity contribution is -0.116. The van der Waals surface area contributed by atoms with Gasteiger partial charge in [-0.3, -0.25) is 9.69 Å². The number of hydrogen-bond acceptors (Lipinski definition) is 3. The van der Waals surface area contributed by atoms with Crippen LogP contribution in [0.15, 0.2) is 24.3 Å². The van der Waals surface area contributed by atoms with Crippen LogP contribution in [0.2, 0.25) is 0 Å². The lowest BCUT2D eigenvalue weighted by Crippen LogP contribution is -2.35. The monoisotopic (exact) mass is 318 g/mol. The molecular weight excluding hydrogens is 288 g/mol. The second kappa shape index (κ2) is 10.4. The van der Waals surface area contributed by atoms with Crippen LogP contribution in [0.5, 0.6) is 0 Å². The Bertz CT molecular complexity index is 470. The Morgan fingerprint density at radius 2 is 1.96 bits per heavy atom. The summed E-state index contributed by atoms with van der Waals surface area (Å²) >= 11 is 0. The van der Waals surface area contributed by atoms with Gasteiger partial charge in [0.2, 0.25) is 5.91 Å². The summed E-state index contributed by atoms with van der Waals surface area (Å²) in [4.78, 5) is 14.4. The quantitative estimate of drug-likeness (QED) is 0.704. The summed E-state index contributed by atoms with van der Waals surface area (Å²) in [5.74, 6) is 0.130. The maximum Gasteiger partial charge on any atom is 0.224 e. The Morgan fingerprint density at radius 3 is 2.74 bits per heavy atom. The van der Waals surface area contributed by atoms with Gasteiger partial charge in [0.05, 0.1) is 13.2 Å². The highest BCUT2D eigenvalue weighted by molar-refractivity contribution is 5.90. The minimum atomic E-state index is 0.130. The molecule has 0 bridgehead atoms. The van der Waals surface area contributed by atoms with E-state index in [0.717, 1.165) is 51.4 Å². The molecule has 1 aliphatic rings. The first-order valence-electron chi connectivity index (χ1n) is 8.97. The van der Waals surface area contributed by atoms with Crippen molar-refractivity contribution in [1.29, 1.82) is 0 Å². The zero-order valence-electron chi connectivity index (χ0n) is 14.4. The van der Waals surface area contributed by atoms with E-state index >= 15 is 0 Å². The molecule has 0 aliphatic carbocycles. The van der Waals surface area contributed by atoms with E-state index < -0.39 is 0 Å². The van der Waals surface area contributed by atoms with Gasteiger partial charge in [-0.25, -0.2) is 0 Å². The highest BCUT2D eigenvalue weighted by Gasteiger charge is 2.11. The summed E-state index contributed by atoms with van der Waals surface area (Å²) < 4.78 is 5.38. The van der Waals surface area contributed by atoms with Crippen LogP contribution in [0, 0.1) is 0 Å². The number of amides is 1. The van der Waals surface area contributed by atoms with E-state index in [-0.39, 0.29) is 5.91 Å². The zero-order valence-corrected chi connectivity index (χ0v) is 14.4. The number of ether oxygens (including phenoxy) is 1. The predicted octanol–water partition coefficient (Wildman–Crippen LogP) is 3.82. The number of benzene rings is 1. The average Bonchev–Trinajstić information content (AvgIpc) is 2.56. The molecule has 1 aromatic rings. The maximum atomic E-state index is 12.0. The molecule has 4 nitrogen and oxygen atoms in total. The van der Waals surface area contributed by atoms with E-state index in [1.54, 1.807) is 0 Å². The van der Waals surface area contributed by atoms with Crippen LogP contribution >= 0.6 is 0 Å². The average molecular weight is 318 g/mol. The molecule has 0 spiro atoms. The molecule has 0 aromatic heterocycles. The Labute approximate surface area is 140 Å². The van der Waals surface area contributed by atoms with Crippen LogP contribution in [0.25, 0.3) is 0 Å². The van der Waals surface area contributed by atoms with E-state index in [4.69, 9.17) is 4.74 Å². The van der Waals surface area contributed by atoms with Gasteiger partial charge in [-0.1, -0.05) is 44.7 Å². The molecule has 128 valence electrons. The van der Waals surface area contributed by atoms with Crippen molar-refractivity contribution in [1.82, 2.24) is 4.90 Å². The molecule has 1 aliphatic heterocycles. The van der Waals surface area contributed by atoms with Gasteiger partial charge in [0, 0.05) is 31.7 Å². The summed E-state index contributed by atoms with van der Waals surface area (Å²) in [6, 6.07) is 8.20. The molecule has 0 atom stereocenters. The Hall–Kier alpha value is -1.39. The van der Waals surface area contributed by atoms with Crippen molar-refractivity contribution in [2.24, 2.45) is 0 Å². The van der Waals surface area contributed by atoms with E-state index in [1.165, 1.54) is 24.8 Å². The molecular formula is C19H30N2O2. The Kier molecular flexibility index (Phi) is 8.12. The number of unbranched alkanes of at least 4 members (excludes halogenated alkanes) is 4. The van der Waals surface area contributed by atoms with Gasteiger partial charge in [-0.2, -0.15) is 0 Å². The van der Waals surface area contributed by atoms with Crippen LogP contribution < -0.4 is 5.32 Å². The normalized spacial score (nSPS) is 15.5. The number of morpholine rings is 1. The van der Waals surface area contributed by atoms with E-state index in [0.29, 0.717) is 6.42 Å². The van der Waals surface area contributed by atoms with Crippen molar-refractivity contribution < 1.29 is 9.53 Å². The minimum absolute atomic E-state index is 0.130. The molecule has 1 saturated heterocycles. The third kappa shape index (κ3) is 7.14. The van der Waals surface area contributed by atoms with Crippen molar-refractivity contribution in [3.8, 4) is 0 Å². The Balaban J connectivity index is 1.74. The number of nitrogens with zero attached hydrogens (tertiary/aromatic N) is 1. The highest BCUT2D eigenvalue weighted by Crippen LogP contribution is 2.14. The fourth-order valence-corrected chi connectivity index (χ4v) is 2.88. The molecule has 0 saturated carbocycles. The van der Waals surface area contributed by atoms with Crippen molar-refractivity contribution in [2.45, 2.75) is 52.0 Å². The zero-order chi connectivity index (χ0) is 16.3. The van der Waals surface area contributed by atoms with Crippen molar-refractivity contribution in [3.05, 3.63) is 29.8 Å². The molecule has 0 unspecified atom stereocenters. The lowest BCUT2D eigenvalue weighted by atomic mass is 10.1. The minimum Gasteiger partial charge on any atom is -0.379 e. The fourth-order valence-electron chi connectivity index (χ4n) is 2.88. The van der Waals surface area contributed by atoms with Crippen molar-refractivity contribution >= 4 is 11.6 Å². The standard InChI is InChI=1S/C19H30N2O2/c1-2-3-4-5-6-10-19(22)20-18-9-7-8-17(15-18)16-21-11-13-23-14-12-21/h7-9,15H,2-6,10-14,16H2,1H3,(H,20,22). The first-order chi connectivity index (χ1) is 11.3. The van der Waals surface area contributed by atoms with Crippen LogP contribution in [0.4, 0.5) is 5.69 Å². The first-order valence-corrected chi connectivity index (χ1v) is 8.97. The van der Waals surface area contributed by atoms with Gasteiger partial charge in [0.25, 0.3) is 0 Å². The number of anilines is 1. The molecule has 1 fully saturated rings.